The molecule has 0 aliphatic heterocycles. The number of rotatable bonds is 11. The number of fused-ring (bicyclic) bond motifs is 1. The fourth-order valence-corrected chi connectivity index (χ4v) is 4.75. The summed E-state index contributed by atoms with van der Waals surface area (Å²) in [6.45, 7) is 19.1. The average Bonchev–Trinajstić information content (AvgIpc) is 3.25. The first kappa shape index (κ1) is 27.7. The average molecular weight is 492 g/mol. The fraction of sp³-hybridized carbons (Fsp3) is 0.567. The molecule has 0 saturated carbocycles. The molecule has 1 aromatic carbocycles. The van der Waals surface area contributed by atoms with E-state index in [-0.39, 0.29) is 11.5 Å². The summed E-state index contributed by atoms with van der Waals surface area (Å²) in [5, 5.41) is 5.05. The van der Waals surface area contributed by atoms with Crippen molar-refractivity contribution in [2.75, 3.05) is 18.0 Å². The molecule has 2 heterocycles. The highest BCUT2D eigenvalue weighted by molar-refractivity contribution is 5.58. The predicted molar refractivity (Wildman–Crippen MR) is 152 cm³/mol. The largest absolute Gasteiger partial charge is 0.372 e. The third-order valence-electron chi connectivity index (χ3n) is 7.49. The van der Waals surface area contributed by atoms with Gasteiger partial charge in [-0.15, -0.1) is 0 Å². The van der Waals surface area contributed by atoms with Gasteiger partial charge in [-0.05, 0) is 88.6 Å². The number of nitrogens with one attached hydrogen (secondary N) is 1. The Hall–Kier alpha value is -2.89. The van der Waals surface area contributed by atoms with Crippen LogP contribution in [0.4, 0.5) is 11.4 Å². The highest BCUT2D eigenvalue weighted by Crippen LogP contribution is 2.25. The first-order chi connectivity index (χ1) is 17.3. The molecule has 6 nitrogen and oxygen atoms in total. The molecule has 0 spiro atoms. The Kier molecular flexibility index (Phi) is 9.52. The van der Waals surface area contributed by atoms with Crippen molar-refractivity contribution < 1.29 is 0 Å². The summed E-state index contributed by atoms with van der Waals surface area (Å²) < 4.78 is 1.64. The van der Waals surface area contributed by atoms with Crippen LogP contribution in [0, 0.1) is 6.92 Å². The van der Waals surface area contributed by atoms with Gasteiger partial charge < -0.3 is 4.90 Å². The highest BCUT2D eigenvalue weighted by Gasteiger charge is 2.19. The van der Waals surface area contributed by atoms with Crippen molar-refractivity contribution in [2.45, 2.75) is 99.8 Å². The molecule has 2 aromatic heterocycles. The van der Waals surface area contributed by atoms with Gasteiger partial charge in [-0.2, -0.15) is 4.52 Å². The van der Waals surface area contributed by atoms with Crippen molar-refractivity contribution in [1.29, 1.82) is 0 Å². The van der Waals surface area contributed by atoms with E-state index in [2.05, 4.69) is 83.6 Å². The normalized spacial score (nSPS) is 13.9. The zero-order chi connectivity index (χ0) is 26.4. The van der Waals surface area contributed by atoms with Crippen LogP contribution in [0.2, 0.25) is 0 Å². The first-order valence-corrected chi connectivity index (χ1v) is 13.9. The van der Waals surface area contributed by atoms with E-state index in [0.717, 1.165) is 90.4 Å². The predicted octanol–water partition coefficient (Wildman–Crippen LogP) is 5.96. The topological polar surface area (TPSA) is 65.8 Å². The van der Waals surface area contributed by atoms with Gasteiger partial charge in [-0.3, -0.25) is 9.89 Å². The number of H-pyrrole nitrogens is 1. The van der Waals surface area contributed by atoms with Crippen LogP contribution in [-0.2, 0) is 6.42 Å². The van der Waals surface area contributed by atoms with Crippen LogP contribution in [0.3, 0.4) is 0 Å². The third-order valence-corrected chi connectivity index (χ3v) is 7.49. The zero-order valence-electron chi connectivity index (χ0n) is 23.7. The fourth-order valence-electron chi connectivity index (χ4n) is 4.75. The summed E-state index contributed by atoms with van der Waals surface area (Å²) >= 11 is 0. The third kappa shape index (κ3) is 5.58. The van der Waals surface area contributed by atoms with E-state index in [1.165, 1.54) is 5.69 Å². The van der Waals surface area contributed by atoms with Gasteiger partial charge in [0, 0.05) is 24.3 Å². The summed E-state index contributed by atoms with van der Waals surface area (Å²) in [4.78, 5) is 26.4. The molecular formula is C30H45N5O. The van der Waals surface area contributed by atoms with E-state index in [9.17, 15) is 4.79 Å². The van der Waals surface area contributed by atoms with Crippen LogP contribution in [0.25, 0.3) is 11.2 Å². The molecule has 0 aliphatic carbocycles. The van der Waals surface area contributed by atoms with Crippen LogP contribution in [0.5, 0.6) is 0 Å². The van der Waals surface area contributed by atoms with Gasteiger partial charge in [-0.1, -0.05) is 40.5 Å². The number of aromatic amines is 1. The lowest BCUT2D eigenvalue weighted by molar-refractivity contribution is 0.656. The Bertz CT molecular complexity index is 1360. The van der Waals surface area contributed by atoms with Crippen LogP contribution in [-0.4, -0.2) is 27.7 Å². The lowest BCUT2D eigenvalue weighted by Gasteiger charge is -2.21. The summed E-state index contributed by atoms with van der Waals surface area (Å²) in [6, 6.07) is 6.43. The first-order valence-electron chi connectivity index (χ1n) is 13.9. The number of benzene rings is 1. The number of aromatic nitrogens is 3. The monoisotopic (exact) mass is 491 g/mol. The second kappa shape index (κ2) is 12.4. The van der Waals surface area contributed by atoms with Gasteiger partial charge in [-0.25, -0.2) is 9.98 Å². The molecule has 6 heteroatoms. The van der Waals surface area contributed by atoms with Gasteiger partial charge in [0.1, 0.15) is 5.36 Å². The van der Waals surface area contributed by atoms with Crippen molar-refractivity contribution >= 4 is 22.6 Å². The molecule has 3 aromatic rings. The summed E-state index contributed by atoms with van der Waals surface area (Å²) in [7, 11) is 0. The Morgan fingerprint density at radius 3 is 2.44 bits per heavy atom. The Labute approximate surface area is 216 Å². The molecule has 0 aliphatic rings. The molecule has 1 N–H and O–H groups in total. The number of aryl methyl sites for hydroxylation is 1. The van der Waals surface area contributed by atoms with E-state index in [1.807, 2.05) is 0 Å². The van der Waals surface area contributed by atoms with Crippen LogP contribution in [0.15, 0.2) is 28.0 Å². The lowest BCUT2D eigenvalue weighted by atomic mass is 9.97. The van der Waals surface area contributed by atoms with Crippen molar-refractivity contribution in [1.82, 2.24) is 14.6 Å². The van der Waals surface area contributed by atoms with E-state index in [4.69, 9.17) is 9.98 Å². The Morgan fingerprint density at radius 1 is 1.14 bits per heavy atom. The maximum absolute atomic E-state index is 13.8. The summed E-state index contributed by atoms with van der Waals surface area (Å²) in [6.07, 6.45) is 5.83. The second-order valence-corrected chi connectivity index (χ2v) is 9.93. The SMILES string of the molecule is CCCCCc1c(C(C)CC)nc2c(=Nc3ccc(N(CC)CC)cc3C)/c(=C(/C)CC)[nH]n2c1=O. The maximum atomic E-state index is 13.8. The lowest BCUT2D eigenvalue weighted by Crippen LogP contribution is -2.26. The van der Waals surface area contributed by atoms with E-state index in [0.29, 0.717) is 5.65 Å². The van der Waals surface area contributed by atoms with Crippen molar-refractivity contribution in [2.24, 2.45) is 4.99 Å². The summed E-state index contributed by atoms with van der Waals surface area (Å²) in [5.74, 6) is 0.219. The smallest absolute Gasteiger partial charge is 0.276 e. The highest BCUT2D eigenvalue weighted by atomic mass is 16.1. The number of nitrogens with zero attached hydrogens (tertiary/aromatic N) is 4. The molecule has 0 saturated heterocycles. The molecule has 0 radical (unpaired) electrons. The van der Waals surface area contributed by atoms with Gasteiger partial charge in [0.2, 0.25) is 0 Å². The second-order valence-electron chi connectivity index (χ2n) is 9.93. The molecule has 3 rings (SSSR count). The van der Waals surface area contributed by atoms with Gasteiger partial charge in [0.15, 0.2) is 5.65 Å². The standard InChI is InChI=1S/C30H45N5O/c1-9-14-15-16-24-26(20(6)10-2)32-29-28(27(21(7)11-3)33-35(29)30(24)36)31-25-18-17-23(19-22(25)8)34(12-4)13-5/h17-20,33H,9-16H2,1-8H3/b27-21+,31-28?. The van der Waals surface area contributed by atoms with Gasteiger partial charge in [0.05, 0.1) is 16.7 Å². The van der Waals surface area contributed by atoms with E-state index >= 15 is 0 Å². The maximum Gasteiger partial charge on any atom is 0.276 e. The molecule has 36 heavy (non-hydrogen) atoms. The Morgan fingerprint density at radius 2 is 1.86 bits per heavy atom. The zero-order valence-corrected chi connectivity index (χ0v) is 23.7. The van der Waals surface area contributed by atoms with Crippen LogP contribution < -0.4 is 21.2 Å². The minimum Gasteiger partial charge on any atom is -0.372 e. The molecule has 0 bridgehead atoms. The Balaban J connectivity index is 2.35. The van der Waals surface area contributed by atoms with Crippen molar-refractivity contribution in [3.63, 3.8) is 0 Å². The number of unbranched alkanes of at least 4 members (excludes halogenated alkanes) is 2. The van der Waals surface area contributed by atoms with E-state index in [1.54, 1.807) is 4.52 Å². The van der Waals surface area contributed by atoms with Gasteiger partial charge in [0.25, 0.3) is 5.56 Å². The van der Waals surface area contributed by atoms with Crippen molar-refractivity contribution in [3.05, 3.63) is 56.1 Å². The summed E-state index contributed by atoms with van der Waals surface area (Å²) in [5.41, 5.74) is 6.82. The van der Waals surface area contributed by atoms with Gasteiger partial charge >= 0.3 is 0 Å². The minimum absolute atomic E-state index is 0.0200. The van der Waals surface area contributed by atoms with E-state index < -0.39 is 0 Å². The molecule has 0 amide bonds. The van der Waals surface area contributed by atoms with Crippen molar-refractivity contribution in [3.8, 4) is 0 Å². The molecule has 1 atom stereocenters. The molecule has 0 fully saturated rings. The minimum atomic E-state index is 0.0200. The molecular weight excluding hydrogens is 446 g/mol. The molecule has 196 valence electrons. The number of anilines is 1. The number of hydrogen-bond acceptors (Lipinski definition) is 4. The number of hydrogen-bond donors (Lipinski definition) is 1. The quantitative estimate of drug-likeness (QED) is 0.337. The molecule has 1 unspecified atom stereocenters. The van der Waals surface area contributed by atoms with Crippen LogP contribution in [0.1, 0.15) is 103 Å². The van der Waals surface area contributed by atoms with Crippen LogP contribution >= 0.6 is 0 Å².